The van der Waals surface area contributed by atoms with Crippen molar-refractivity contribution in [1.82, 2.24) is 9.80 Å². The summed E-state index contributed by atoms with van der Waals surface area (Å²) in [5.74, 6) is 0. The molecule has 0 aliphatic carbocycles. The third-order valence-electron chi connectivity index (χ3n) is 6.75. The van der Waals surface area contributed by atoms with Crippen LogP contribution in [-0.2, 0) is 32.2 Å². The lowest BCUT2D eigenvalue weighted by atomic mass is 10.0. The van der Waals surface area contributed by atoms with Crippen LogP contribution in [-0.4, -0.2) is 86.7 Å². The first-order chi connectivity index (χ1) is 18.4. The van der Waals surface area contributed by atoms with E-state index in [2.05, 4.69) is 0 Å². The number of benzene rings is 2. The van der Waals surface area contributed by atoms with Crippen molar-refractivity contribution in [2.75, 3.05) is 40.4 Å². The number of nitrogens with zero attached hydrogens (tertiary/aromatic N) is 2. The van der Waals surface area contributed by atoms with Crippen LogP contribution in [0, 0.1) is 0 Å². The Bertz CT molecular complexity index is 912. The van der Waals surface area contributed by atoms with E-state index in [0.29, 0.717) is 39.4 Å². The maximum atomic E-state index is 11.9. The van der Waals surface area contributed by atoms with Gasteiger partial charge in [0.1, 0.15) is 13.2 Å². The number of carbonyl (C=O) groups excluding carboxylic acids is 2. The average molecular weight is 602 g/mol. The molecule has 40 heavy (non-hydrogen) atoms. The first kappa shape index (κ1) is 35.4. The summed E-state index contributed by atoms with van der Waals surface area (Å²) in [6, 6.07) is 19.2. The van der Waals surface area contributed by atoms with Crippen molar-refractivity contribution in [3.63, 3.8) is 0 Å². The Balaban J connectivity index is 0.000000381. The number of halogens is 2. The molecule has 2 aromatic carbocycles. The average Bonchev–Trinajstić information content (AvgIpc) is 2.96. The molecule has 2 aliphatic heterocycles. The van der Waals surface area contributed by atoms with Crippen molar-refractivity contribution < 1.29 is 28.5 Å². The van der Waals surface area contributed by atoms with Gasteiger partial charge in [-0.3, -0.25) is 0 Å². The van der Waals surface area contributed by atoms with Crippen molar-refractivity contribution in [2.24, 2.45) is 11.5 Å². The van der Waals surface area contributed by atoms with E-state index in [1.54, 1.807) is 24.0 Å². The fourth-order valence-electron chi connectivity index (χ4n) is 4.32. The van der Waals surface area contributed by atoms with Gasteiger partial charge in [0.05, 0.1) is 25.3 Å². The molecule has 4 atom stereocenters. The largest absolute Gasteiger partial charge is 0.445 e. The smallest absolute Gasteiger partial charge is 0.410 e. The molecule has 0 aromatic heterocycles. The van der Waals surface area contributed by atoms with Gasteiger partial charge in [-0.05, 0) is 24.0 Å². The van der Waals surface area contributed by atoms with Crippen LogP contribution in [0.3, 0.4) is 0 Å². The second-order valence-electron chi connectivity index (χ2n) is 9.43. The molecule has 0 bridgehead atoms. The zero-order chi connectivity index (χ0) is 27.3. The Labute approximate surface area is 249 Å². The lowest BCUT2D eigenvalue weighted by Crippen LogP contribution is -2.53. The number of methoxy groups -OCH3 is 2. The van der Waals surface area contributed by atoms with Crippen molar-refractivity contribution in [3.05, 3.63) is 71.8 Å². The quantitative estimate of drug-likeness (QED) is 0.514. The van der Waals surface area contributed by atoms with Gasteiger partial charge in [-0.15, -0.1) is 24.8 Å². The summed E-state index contributed by atoms with van der Waals surface area (Å²) in [6.07, 6.45) is 0.629. The van der Waals surface area contributed by atoms with Crippen LogP contribution in [0.5, 0.6) is 0 Å². The molecule has 2 heterocycles. The molecule has 0 saturated carbocycles. The lowest BCUT2D eigenvalue weighted by Gasteiger charge is -2.35. The van der Waals surface area contributed by atoms with Crippen LogP contribution in [0.2, 0.25) is 0 Å². The summed E-state index contributed by atoms with van der Waals surface area (Å²) < 4.78 is 21.1. The maximum absolute atomic E-state index is 11.9. The number of hydrogen-bond donors (Lipinski definition) is 2. The van der Waals surface area contributed by atoms with Crippen molar-refractivity contribution in [1.29, 1.82) is 0 Å². The Morgan fingerprint density at radius 2 is 1.05 bits per heavy atom. The standard InChI is InChI=1S/2C14H20N2O3.2ClH/c2*1-18-13-9-16(8-7-12(13)15)14(17)19-10-11-5-3-2-4-6-11;;/h2*2-6,12-13H,7-10,15H2,1H3;2*1H/t2*12-,13-;;/m10../s1. The fraction of sp³-hybridized carbons (Fsp3) is 0.500. The molecule has 0 spiro atoms. The number of ether oxygens (including phenoxy) is 4. The van der Waals surface area contributed by atoms with Gasteiger partial charge in [-0.25, -0.2) is 9.59 Å². The molecule has 2 saturated heterocycles. The molecule has 2 aliphatic rings. The van der Waals surface area contributed by atoms with Crippen molar-refractivity contribution >= 4 is 37.0 Å². The van der Waals surface area contributed by atoms with Gasteiger partial charge in [0.2, 0.25) is 0 Å². The van der Waals surface area contributed by atoms with Crippen LogP contribution in [0.1, 0.15) is 24.0 Å². The number of nitrogens with two attached hydrogens (primary N) is 2. The first-order valence-electron chi connectivity index (χ1n) is 12.9. The van der Waals surface area contributed by atoms with E-state index in [1.165, 1.54) is 0 Å². The number of rotatable bonds is 6. The highest BCUT2D eigenvalue weighted by molar-refractivity contribution is 5.85. The lowest BCUT2D eigenvalue weighted by molar-refractivity contribution is 0.0106. The predicted octanol–water partition coefficient (Wildman–Crippen LogP) is 3.59. The number of piperidine rings is 2. The van der Waals surface area contributed by atoms with Crippen LogP contribution in [0.15, 0.2) is 60.7 Å². The number of amides is 2. The molecule has 0 unspecified atom stereocenters. The molecular formula is C28H42Cl2N4O6. The van der Waals surface area contributed by atoms with Gasteiger partial charge in [0.15, 0.2) is 0 Å². The molecule has 4 N–H and O–H groups in total. The van der Waals surface area contributed by atoms with Gasteiger partial charge < -0.3 is 40.2 Å². The second kappa shape index (κ2) is 18.7. The zero-order valence-corrected chi connectivity index (χ0v) is 24.7. The molecule has 224 valence electrons. The molecule has 2 fully saturated rings. The van der Waals surface area contributed by atoms with Crippen LogP contribution in [0.25, 0.3) is 0 Å². The van der Waals surface area contributed by atoms with E-state index < -0.39 is 0 Å². The van der Waals surface area contributed by atoms with Crippen LogP contribution >= 0.6 is 24.8 Å². The Morgan fingerprint density at radius 3 is 1.38 bits per heavy atom. The molecular weight excluding hydrogens is 559 g/mol. The maximum Gasteiger partial charge on any atom is 0.410 e. The first-order valence-corrected chi connectivity index (χ1v) is 12.9. The van der Waals surface area contributed by atoms with Crippen LogP contribution in [0.4, 0.5) is 9.59 Å². The van der Waals surface area contributed by atoms with Gasteiger partial charge in [0.25, 0.3) is 0 Å². The molecule has 10 nitrogen and oxygen atoms in total. The molecule has 4 rings (SSSR count). The Hall–Kier alpha value is -2.60. The number of carbonyl (C=O) groups is 2. The Kier molecular flexibility index (Phi) is 16.6. The van der Waals surface area contributed by atoms with Crippen molar-refractivity contribution in [2.45, 2.75) is 50.3 Å². The van der Waals surface area contributed by atoms with Crippen LogP contribution < -0.4 is 11.5 Å². The summed E-state index contributed by atoms with van der Waals surface area (Å²) in [5, 5.41) is 0. The second-order valence-corrected chi connectivity index (χ2v) is 9.43. The number of likely N-dealkylation sites (tertiary alicyclic amines) is 2. The molecule has 0 radical (unpaired) electrons. The van der Waals surface area contributed by atoms with E-state index in [4.69, 9.17) is 30.4 Å². The van der Waals surface area contributed by atoms with Gasteiger partial charge in [-0.1, -0.05) is 60.7 Å². The monoisotopic (exact) mass is 600 g/mol. The van der Waals surface area contributed by atoms with Gasteiger partial charge in [-0.2, -0.15) is 0 Å². The Morgan fingerprint density at radius 1 is 0.700 bits per heavy atom. The normalized spacial score (nSPS) is 22.0. The molecule has 2 aromatic rings. The SMILES string of the molecule is CO[C@@H]1CN(C(=O)OCc2ccccc2)CC[C@H]1N.CO[C@H]1CN(C(=O)OCc2ccccc2)CC[C@@H]1N.Cl.Cl. The minimum atomic E-state index is -0.308. The van der Waals surface area contributed by atoms with E-state index in [0.717, 1.165) is 24.0 Å². The highest BCUT2D eigenvalue weighted by Gasteiger charge is 2.31. The molecule has 12 heteroatoms. The summed E-state index contributed by atoms with van der Waals surface area (Å²) in [6.45, 7) is 2.81. The summed E-state index contributed by atoms with van der Waals surface area (Å²) >= 11 is 0. The van der Waals surface area contributed by atoms with E-state index >= 15 is 0 Å². The third-order valence-corrected chi connectivity index (χ3v) is 6.75. The minimum absolute atomic E-state index is 0. The highest BCUT2D eigenvalue weighted by atomic mass is 35.5. The zero-order valence-electron chi connectivity index (χ0n) is 23.1. The predicted molar refractivity (Wildman–Crippen MR) is 158 cm³/mol. The highest BCUT2D eigenvalue weighted by Crippen LogP contribution is 2.15. The van der Waals surface area contributed by atoms with E-state index in [-0.39, 0.29) is 61.3 Å². The van der Waals surface area contributed by atoms with E-state index in [1.807, 2.05) is 60.7 Å². The van der Waals surface area contributed by atoms with E-state index in [9.17, 15) is 9.59 Å². The molecule has 2 amide bonds. The summed E-state index contributed by atoms with van der Waals surface area (Å²) in [4.78, 5) is 27.2. The van der Waals surface area contributed by atoms with Crippen molar-refractivity contribution in [3.8, 4) is 0 Å². The fourth-order valence-corrected chi connectivity index (χ4v) is 4.32. The minimum Gasteiger partial charge on any atom is -0.445 e. The topological polar surface area (TPSA) is 130 Å². The summed E-state index contributed by atoms with van der Waals surface area (Å²) in [7, 11) is 3.23. The number of hydrogen-bond acceptors (Lipinski definition) is 8. The van der Waals surface area contributed by atoms with Gasteiger partial charge in [0, 0.05) is 39.4 Å². The third kappa shape index (κ3) is 11.1. The summed E-state index contributed by atoms with van der Waals surface area (Å²) in [5.41, 5.74) is 13.8. The van der Waals surface area contributed by atoms with Gasteiger partial charge >= 0.3 is 12.2 Å².